The molecule has 0 saturated carbocycles. The molecule has 0 aromatic heterocycles. The quantitative estimate of drug-likeness (QED) is 0.549. The molecule has 5 heteroatoms. The van der Waals surface area contributed by atoms with Crippen LogP contribution in [0.4, 0.5) is 0 Å². The molecule has 0 fully saturated rings. The van der Waals surface area contributed by atoms with Crippen LogP contribution in [0.25, 0.3) is 0 Å². The molecule has 0 aliphatic heterocycles. The van der Waals surface area contributed by atoms with Gasteiger partial charge in [-0.2, -0.15) is 0 Å². The minimum atomic E-state index is -0.280. The molecule has 1 rings (SSSR count). The normalized spacial score (nSPS) is 9.94. The number of benzene rings is 1. The minimum Gasteiger partial charge on any atom is -0.508 e. The molecule has 0 saturated heterocycles. The van der Waals surface area contributed by atoms with E-state index in [9.17, 15) is 4.79 Å². The molecule has 0 aliphatic rings. The van der Waals surface area contributed by atoms with Crippen LogP contribution in [-0.2, 0) is 9.53 Å². The highest BCUT2D eigenvalue weighted by Gasteiger charge is 2.00. The Labute approximate surface area is 100 Å². The van der Waals surface area contributed by atoms with Crippen LogP contribution in [0.5, 0.6) is 11.5 Å². The van der Waals surface area contributed by atoms with Crippen molar-refractivity contribution in [1.29, 1.82) is 0 Å². The SMILES string of the molecule is NCCC(=O)OCCCOc1ccc(O)cc1. The number of hydrogen-bond acceptors (Lipinski definition) is 5. The average Bonchev–Trinajstić information content (AvgIpc) is 2.31. The van der Waals surface area contributed by atoms with E-state index in [2.05, 4.69) is 0 Å². The smallest absolute Gasteiger partial charge is 0.307 e. The Hall–Kier alpha value is -1.75. The van der Waals surface area contributed by atoms with E-state index in [1.807, 2.05) is 0 Å². The molecular formula is C12H17NO4. The summed E-state index contributed by atoms with van der Waals surface area (Å²) < 4.78 is 10.3. The Bertz CT molecular complexity index is 337. The van der Waals surface area contributed by atoms with Gasteiger partial charge >= 0.3 is 5.97 Å². The van der Waals surface area contributed by atoms with Crippen LogP contribution in [0.3, 0.4) is 0 Å². The molecule has 0 heterocycles. The zero-order valence-corrected chi connectivity index (χ0v) is 9.59. The van der Waals surface area contributed by atoms with Crippen LogP contribution in [-0.4, -0.2) is 30.8 Å². The molecule has 17 heavy (non-hydrogen) atoms. The molecular weight excluding hydrogens is 222 g/mol. The van der Waals surface area contributed by atoms with Crippen molar-refractivity contribution in [3.05, 3.63) is 24.3 Å². The standard InChI is InChI=1S/C12H17NO4/c13-7-6-12(15)17-9-1-8-16-11-4-2-10(14)3-5-11/h2-5,14H,1,6-9,13H2. The van der Waals surface area contributed by atoms with Gasteiger partial charge in [0.05, 0.1) is 19.6 Å². The minimum absolute atomic E-state index is 0.202. The van der Waals surface area contributed by atoms with Crippen molar-refractivity contribution in [1.82, 2.24) is 0 Å². The Kier molecular flexibility index (Phi) is 5.88. The summed E-state index contributed by atoms with van der Waals surface area (Å²) in [5, 5.41) is 9.05. The zero-order valence-electron chi connectivity index (χ0n) is 9.59. The van der Waals surface area contributed by atoms with Crippen molar-refractivity contribution in [2.45, 2.75) is 12.8 Å². The van der Waals surface area contributed by atoms with Crippen LogP contribution in [0.15, 0.2) is 24.3 Å². The van der Waals surface area contributed by atoms with E-state index in [0.717, 1.165) is 0 Å². The van der Waals surface area contributed by atoms with Crippen LogP contribution >= 0.6 is 0 Å². The fraction of sp³-hybridized carbons (Fsp3) is 0.417. The number of phenolic OH excluding ortho intramolecular Hbond substituents is 1. The number of ether oxygens (including phenoxy) is 2. The van der Waals surface area contributed by atoms with E-state index < -0.39 is 0 Å². The van der Waals surface area contributed by atoms with Gasteiger partial charge in [-0.25, -0.2) is 0 Å². The molecule has 0 spiro atoms. The fourth-order valence-corrected chi connectivity index (χ4v) is 1.17. The highest BCUT2D eigenvalue weighted by Crippen LogP contribution is 2.15. The highest BCUT2D eigenvalue weighted by molar-refractivity contribution is 5.69. The van der Waals surface area contributed by atoms with Crippen LogP contribution < -0.4 is 10.5 Å². The van der Waals surface area contributed by atoms with Crippen LogP contribution in [0.2, 0.25) is 0 Å². The summed E-state index contributed by atoms with van der Waals surface area (Å²) in [5.74, 6) is 0.598. The van der Waals surface area contributed by atoms with Gasteiger partial charge in [-0.15, -0.1) is 0 Å². The molecule has 5 nitrogen and oxygen atoms in total. The summed E-state index contributed by atoms with van der Waals surface area (Å²) in [6, 6.07) is 6.46. The summed E-state index contributed by atoms with van der Waals surface area (Å²) in [6.07, 6.45) is 0.871. The third kappa shape index (κ3) is 5.77. The second-order valence-electron chi connectivity index (χ2n) is 3.46. The van der Waals surface area contributed by atoms with Gasteiger partial charge in [-0.1, -0.05) is 0 Å². The maximum atomic E-state index is 10.9. The number of hydrogen-bond donors (Lipinski definition) is 2. The van der Waals surface area contributed by atoms with E-state index in [1.54, 1.807) is 24.3 Å². The first-order chi connectivity index (χ1) is 8.22. The molecule has 0 bridgehead atoms. The third-order valence-corrected chi connectivity index (χ3v) is 2.01. The number of nitrogens with two attached hydrogens (primary N) is 1. The predicted molar refractivity (Wildman–Crippen MR) is 62.8 cm³/mol. The summed E-state index contributed by atoms with van der Waals surface area (Å²) in [5.41, 5.74) is 5.20. The summed E-state index contributed by atoms with van der Waals surface area (Å²) in [7, 11) is 0. The first kappa shape index (κ1) is 13.3. The lowest BCUT2D eigenvalue weighted by Gasteiger charge is -2.06. The Morgan fingerprint density at radius 1 is 1.24 bits per heavy atom. The average molecular weight is 239 g/mol. The van der Waals surface area contributed by atoms with Gasteiger partial charge in [0.25, 0.3) is 0 Å². The van der Waals surface area contributed by atoms with Crippen LogP contribution in [0, 0.1) is 0 Å². The maximum absolute atomic E-state index is 10.9. The largest absolute Gasteiger partial charge is 0.508 e. The van der Waals surface area contributed by atoms with Crippen molar-refractivity contribution >= 4 is 5.97 Å². The first-order valence-corrected chi connectivity index (χ1v) is 5.50. The zero-order chi connectivity index (χ0) is 12.5. The lowest BCUT2D eigenvalue weighted by Crippen LogP contribution is -2.13. The Morgan fingerprint density at radius 3 is 2.59 bits per heavy atom. The molecule has 1 aromatic rings. The van der Waals surface area contributed by atoms with Gasteiger partial charge < -0.3 is 20.3 Å². The number of carbonyl (C=O) groups is 1. The van der Waals surface area contributed by atoms with Crippen LogP contribution in [0.1, 0.15) is 12.8 Å². The van der Waals surface area contributed by atoms with E-state index in [1.165, 1.54) is 0 Å². The van der Waals surface area contributed by atoms with E-state index in [0.29, 0.717) is 31.9 Å². The van der Waals surface area contributed by atoms with Gasteiger partial charge in [0, 0.05) is 13.0 Å². The topological polar surface area (TPSA) is 81.8 Å². The number of esters is 1. The van der Waals surface area contributed by atoms with Crippen molar-refractivity contribution in [2.24, 2.45) is 5.73 Å². The second kappa shape index (κ2) is 7.51. The molecule has 0 aliphatic carbocycles. The predicted octanol–water partition coefficient (Wildman–Crippen LogP) is 1.05. The van der Waals surface area contributed by atoms with Crippen molar-refractivity contribution in [3.8, 4) is 11.5 Å². The summed E-state index contributed by atoms with van der Waals surface area (Å²) >= 11 is 0. The second-order valence-corrected chi connectivity index (χ2v) is 3.46. The van der Waals surface area contributed by atoms with Crippen molar-refractivity contribution < 1.29 is 19.4 Å². The van der Waals surface area contributed by atoms with Crippen molar-refractivity contribution in [2.75, 3.05) is 19.8 Å². The number of carbonyl (C=O) groups excluding carboxylic acids is 1. The Balaban J connectivity index is 2.08. The number of phenols is 1. The maximum Gasteiger partial charge on any atom is 0.307 e. The van der Waals surface area contributed by atoms with Gasteiger partial charge in [-0.05, 0) is 24.3 Å². The van der Waals surface area contributed by atoms with E-state index >= 15 is 0 Å². The molecule has 0 amide bonds. The van der Waals surface area contributed by atoms with E-state index in [-0.39, 0.29) is 18.1 Å². The molecule has 0 radical (unpaired) electrons. The number of rotatable bonds is 7. The lowest BCUT2D eigenvalue weighted by molar-refractivity contribution is -0.143. The van der Waals surface area contributed by atoms with E-state index in [4.69, 9.17) is 20.3 Å². The fourth-order valence-electron chi connectivity index (χ4n) is 1.17. The molecule has 0 unspecified atom stereocenters. The Morgan fingerprint density at radius 2 is 1.94 bits per heavy atom. The monoisotopic (exact) mass is 239 g/mol. The van der Waals surface area contributed by atoms with Gasteiger partial charge in [0.15, 0.2) is 0 Å². The van der Waals surface area contributed by atoms with Gasteiger partial charge in [0.1, 0.15) is 11.5 Å². The molecule has 1 aromatic carbocycles. The summed E-state index contributed by atoms with van der Waals surface area (Å²) in [4.78, 5) is 10.9. The van der Waals surface area contributed by atoms with Crippen molar-refractivity contribution in [3.63, 3.8) is 0 Å². The molecule has 94 valence electrons. The molecule has 0 atom stereocenters. The first-order valence-electron chi connectivity index (χ1n) is 5.50. The molecule has 3 N–H and O–H groups in total. The van der Waals surface area contributed by atoms with Gasteiger partial charge in [-0.3, -0.25) is 4.79 Å². The third-order valence-electron chi connectivity index (χ3n) is 2.01. The number of aromatic hydroxyl groups is 1. The van der Waals surface area contributed by atoms with Gasteiger partial charge in [0.2, 0.25) is 0 Å². The lowest BCUT2D eigenvalue weighted by atomic mass is 10.3. The highest BCUT2D eigenvalue weighted by atomic mass is 16.5. The summed E-state index contributed by atoms with van der Waals surface area (Å²) in [6.45, 7) is 1.10.